The first kappa shape index (κ1) is 13.2. The Kier molecular flexibility index (Phi) is 4.23. The Morgan fingerprint density at radius 2 is 2.16 bits per heavy atom. The second-order valence-corrected chi connectivity index (χ2v) is 4.31. The van der Waals surface area contributed by atoms with E-state index < -0.39 is 0 Å². The molecular weight excluding hydrogens is 238 g/mol. The first-order valence-corrected chi connectivity index (χ1v) is 6.34. The van der Waals surface area contributed by atoms with E-state index in [2.05, 4.69) is 23.3 Å². The Labute approximate surface area is 113 Å². The molecule has 0 fully saturated rings. The number of hydrogen-bond acceptors (Lipinski definition) is 4. The summed E-state index contributed by atoms with van der Waals surface area (Å²) in [5, 5.41) is 3.33. The van der Waals surface area contributed by atoms with Gasteiger partial charge in [0.1, 0.15) is 5.75 Å². The van der Waals surface area contributed by atoms with E-state index in [1.165, 1.54) is 5.56 Å². The van der Waals surface area contributed by atoms with Crippen LogP contribution in [0.1, 0.15) is 18.2 Å². The third-order valence-electron chi connectivity index (χ3n) is 2.99. The molecule has 2 rings (SSSR count). The van der Waals surface area contributed by atoms with E-state index in [0.29, 0.717) is 12.2 Å². The van der Waals surface area contributed by atoms with Gasteiger partial charge in [-0.1, -0.05) is 13.0 Å². The number of nitrogens with zero attached hydrogens (tertiary/aromatic N) is 1. The molecule has 0 atom stereocenters. The van der Waals surface area contributed by atoms with Crippen LogP contribution in [0.15, 0.2) is 36.5 Å². The van der Waals surface area contributed by atoms with Crippen molar-refractivity contribution in [1.29, 1.82) is 0 Å². The van der Waals surface area contributed by atoms with E-state index in [0.717, 1.165) is 23.6 Å². The highest BCUT2D eigenvalue weighted by Crippen LogP contribution is 2.22. The van der Waals surface area contributed by atoms with Crippen LogP contribution < -0.4 is 15.8 Å². The molecule has 0 saturated heterocycles. The summed E-state index contributed by atoms with van der Waals surface area (Å²) in [6, 6.07) is 9.67. The van der Waals surface area contributed by atoms with Crippen LogP contribution in [0.2, 0.25) is 0 Å². The minimum atomic E-state index is 0.677. The number of rotatable bonds is 5. The summed E-state index contributed by atoms with van der Waals surface area (Å²) in [6.07, 6.45) is 2.79. The number of aryl methyl sites for hydroxylation is 1. The van der Waals surface area contributed by atoms with Crippen molar-refractivity contribution >= 4 is 11.4 Å². The number of nitrogens with one attached hydrogen (secondary N) is 1. The first-order valence-electron chi connectivity index (χ1n) is 6.34. The largest absolute Gasteiger partial charge is 0.497 e. The van der Waals surface area contributed by atoms with Gasteiger partial charge in [0.15, 0.2) is 0 Å². The molecule has 0 amide bonds. The van der Waals surface area contributed by atoms with Crippen molar-refractivity contribution in [3.05, 3.63) is 47.8 Å². The van der Waals surface area contributed by atoms with Gasteiger partial charge < -0.3 is 15.8 Å². The second-order valence-electron chi connectivity index (χ2n) is 4.31. The van der Waals surface area contributed by atoms with E-state index in [-0.39, 0.29) is 0 Å². The SMILES string of the molecule is CCc1cccnc1CNc1cc(N)cc(OC)c1. The molecule has 100 valence electrons. The number of nitrogens with two attached hydrogens (primary N) is 1. The molecule has 1 heterocycles. The maximum Gasteiger partial charge on any atom is 0.122 e. The van der Waals surface area contributed by atoms with Gasteiger partial charge in [-0.15, -0.1) is 0 Å². The molecule has 0 radical (unpaired) electrons. The Bertz CT molecular complexity index is 555. The van der Waals surface area contributed by atoms with E-state index in [4.69, 9.17) is 10.5 Å². The van der Waals surface area contributed by atoms with Crippen molar-refractivity contribution in [1.82, 2.24) is 4.98 Å². The third-order valence-corrected chi connectivity index (χ3v) is 2.99. The lowest BCUT2D eigenvalue weighted by molar-refractivity contribution is 0.415. The van der Waals surface area contributed by atoms with Gasteiger partial charge in [-0.2, -0.15) is 0 Å². The zero-order chi connectivity index (χ0) is 13.7. The Balaban J connectivity index is 2.12. The van der Waals surface area contributed by atoms with Crippen molar-refractivity contribution < 1.29 is 4.74 Å². The molecule has 1 aromatic heterocycles. The van der Waals surface area contributed by atoms with Crippen LogP contribution in [0.5, 0.6) is 5.75 Å². The van der Waals surface area contributed by atoms with Gasteiger partial charge in [-0.05, 0) is 24.1 Å². The van der Waals surface area contributed by atoms with Gasteiger partial charge in [0.25, 0.3) is 0 Å². The molecule has 4 nitrogen and oxygen atoms in total. The van der Waals surface area contributed by atoms with Crippen molar-refractivity contribution in [3.8, 4) is 5.75 Å². The number of pyridine rings is 1. The summed E-state index contributed by atoms with van der Waals surface area (Å²) in [4.78, 5) is 4.40. The molecule has 0 saturated carbocycles. The lowest BCUT2D eigenvalue weighted by atomic mass is 10.1. The minimum Gasteiger partial charge on any atom is -0.497 e. The van der Waals surface area contributed by atoms with E-state index >= 15 is 0 Å². The number of anilines is 2. The Morgan fingerprint density at radius 1 is 1.32 bits per heavy atom. The summed E-state index contributed by atoms with van der Waals surface area (Å²) in [5.74, 6) is 0.749. The number of hydrogen-bond donors (Lipinski definition) is 2. The summed E-state index contributed by atoms with van der Waals surface area (Å²) < 4.78 is 5.20. The molecular formula is C15H19N3O. The molecule has 1 aromatic carbocycles. The lowest BCUT2D eigenvalue weighted by Crippen LogP contribution is -2.05. The zero-order valence-electron chi connectivity index (χ0n) is 11.3. The van der Waals surface area contributed by atoms with Crippen LogP contribution in [0, 0.1) is 0 Å². The van der Waals surface area contributed by atoms with E-state index in [9.17, 15) is 0 Å². The van der Waals surface area contributed by atoms with Gasteiger partial charge in [0, 0.05) is 29.7 Å². The molecule has 4 heteroatoms. The van der Waals surface area contributed by atoms with Crippen LogP contribution in [0.4, 0.5) is 11.4 Å². The Hall–Kier alpha value is -2.23. The maximum absolute atomic E-state index is 5.82. The number of benzene rings is 1. The smallest absolute Gasteiger partial charge is 0.122 e. The average molecular weight is 257 g/mol. The summed E-state index contributed by atoms with van der Waals surface area (Å²) in [6.45, 7) is 2.81. The fraction of sp³-hybridized carbons (Fsp3) is 0.267. The monoisotopic (exact) mass is 257 g/mol. The molecule has 3 N–H and O–H groups in total. The molecule has 0 unspecified atom stereocenters. The van der Waals surface area contributed by atoms with Gasteiger partial charge in [0.2, 0.25) is 0 Å². The maximum atomic E-state index is 5.82. The average Bonchev–Trinajstić information content (AvgIpc) is 2.44. The van der Waals surface area contributed by atoms with E-state index in [1.807, 2.05) is 24.4 Å². The quantitative estimate of drug-likeness (QED) is 0.809. The van der Waals surface area contributed by atoms with Crippen LogP contribution in [0.3, 0.4) is 0 Å². The van der Waals surface area contributed by atoms with Crippen LogP contribution in [0.25, 0.3) is 0 Å². The van der Waals surface area contributed by atoms with Crippen LogP contribution >= 0.6 is 0 Å². The van der Waals surface area contributed by atoms with Crippen molar-refractivity contribution in [3.63, 3.8) is 0 Å². The normalized spacial score (nSPS) is 10.2. The van der Waals surface area contributed by atoms with E-state index in [1.54, 1.807) is 13.2 Å². The molecule has 0 aliphatic carbocycles. The van der Waals surface area contributed by atoms with Crippen molar-refractivity contribution in [2.24, 2.45) is 0 Å². The highest BCUT2D eigenvalue weighted by atomic mass is 16.5. The highest BCUT2D eigenvalue weighted by Gasteiger charge is 2.03. The van der Waals surface area contributed by atoms with Crippen molar-refractivity contribution in [2.75, 3.05) is 18.2 Å². The molecule has 0 spiro atoms. The second kappa shape index (κ2) is 6.09. The fourth-order valence-corrected chi connectivity index (χ4v) is 1.98. The molecule has 2 aromatic rings. The summed E-state index contributed by atoms with van der Waals surface area (Å²) >= 11 is 0. The first-order chi connectivity index (χ1) is 9.22. The number of aromatic nitrogens is 1. The zero-order valence-corrected chi connectivity index (χ0v) is 11.3. The molecule has 0 bridgehead atoms. The fourth-order valence-electron chi connectivity index (χ4n) is 1.98. The molecule has 19 heavy (non-hydrogen) atoms. The minimum absolute atomic E-state index is 0.677. The van der Waals surface area contributed by atoms with Gasteiger partial charge in [-0.25, -0.2) is 0 Å². The lowest BCUT2D eigenvalue weighted by Gasteiger charge is -2.11. The van der Waals surface area contributed by atoms with Crippen molar-refractivity contribution in [2.45, 2.75) is 19.9 Å². The number of methoxy groups -OCH3 is 1. The summed E-state index contributed by atoms with van der Waals surface area (Å²) in [5.41, 5.74) is 9.76. The van der Waals surface area contributed by atoms with Gasteiger partial charge >= 0.3 is 0 Å². The number of ether oxygens (including phenoxy) is 1. The molecule has 0 aliphatic heterocycles. The van der Waals surface area contributed by atoms with Gasteiger partial charge in [0.05, 0.1) is 19.3 Å². The van der Waals surface area contributed by atoms with Crippen LogP contribution in [-0.4, -0.2) is 12.1 Å². The predicted molar refractivity (Wildman–Crippen MR) is 78.3 cm³/mol. The summed E-state index contributed by atoms with van der Waals surface area (Å²) in [7, 11) is 1.63. The molecule has 0 aliphatic rings. The topological polar surface area (TPSA) is 60.2 Å². The standard InChI is InChI=1S/C15H19N3O/c1-3-11-5-4-6-17-15(11)10-18-13-7-12(16)8-14(9-13)19-2/h4-9,18H,3,10,16H2,1-2H3. The van der Waals surface area contributed by atoms with Crippen LogP contribution in [-0.2, 0) is 13.0 Å². The Morgan fingerprint density at radius 3 is 2.89 bits per heavy atom. The highest BCUT2D eigenvalue weighted by molar-refractivity contribution is 5.59. The predicted octanol–water partition coefficient (Wildman–Crippen LogP) is 2.85. The third kappa shape index (κ3) is 3.37. The number of nitrogen functional groups attached to an aromatic ring is 1. The van der Waals surface area contributed by atoms with Gasteiger partial charge in [-0.3, -0.25) is 4.98 Å².